The second kappa shape index (κ2) is 6.96. The molecular formula is C19H15BrN4O3. The van der Waals surface area contributed by atoms with Gasteiger partial charge in [-0.1, -0.05) is 46.3 Å². The lowest BCUT2D eigenvalue weighted by Crippen LogP contribution is -2.43. The first kappa shape index (κ1) is 17.4. The van der Waals surface area contributed by atoms with E-state index in [1.807, 2.05) is 24.3 Å². The first-order chi connectivity index (χ1) is 13.0. The van der Waals surface area contributed by atoms with E-state index >= 15 is 0 Å². The van der Waals surface area contributed by atoms with Crippen LogP contribution in [0.5, 0.6) is 0 Å². The molecule has 0 spiro atoms. The third kappa shape index (κ3) is 3.48. The zero-order valence-corrected chi connectivity index (χ0v) is 15.6. The average Bonchev–Trinajstić information content (AvgIpc) is 3.47. The summed E-state index contributed by atoms with van der Waals surface area (Å²) in [7, 11) is 0. The van der Waals surface area contributed by atoms with Crippen LogP contribution in [-0.2, 0) is 4.79 Å². The van der Waals surface area contributed by atoms with Crippen molar-refractivity contribution in [3.8, 4) is 0 Å². The van der Waals surface area contributed by atoms with E-state index in [0.29, 0.717) is 10.8 Å². The third-order valence-corrected chi connectivity index (χ3v) is 5.11. The molecule has 4 rings (SSSR count). The minimum absolute atomic E-state index is 0.0461. The Morgan fingerprint density at radius 3 is 2.63 bits per heavy atom. The molecule has 0 aliphatic heterocycles. The van der Waals surface area contributed by atoms with Crippen molar-refractivity contribution in [3.05, 3.63) is 74.6 Å². The molecule has 1 aliphatic rings. The molecule has 8 heteroatoms. The van der Waals surface area contributed by atoms with Crippen LogP contribution in [0.4, 0.5) is 0 Å². The maximum atomic E-state index is 12.4. The van der Waals surface area contributed by atoms with Gasteiger partial charge in [0.1, 0.15) is 0 Å². The van der Waals surface area contributed by atoms with Gasteiger partial charge < -0.3 is 0 Å². The number of hydrogen-bond acceptors (Lipinski definition) is 4. The van der Waals surface area contributed by atoms with Crippen molar-refractivity contribution in [2.75, 3.05) is 0 Å². The van der Waals surface area contributed by atoms with Gasteiger partial charge in [0.15, 0.2) is 5.69 Å². The summed E-state index contributed by atoms with van der Waals surface area (Å²) in [5, 5.41) is 6.89. The molecule has 2 atom stereocenters. The maximum Gasteiger partial charge on any atom is 0.290 e. The molecule has 0 bridgehead atoms. The highest BCUT2D eigenvalue weighted by atomic mass is 79.9. The van der Waals surface area contributed by atoms with E-state index in [2.05, 4.69) is 37.0 Å². The van der Waals surface area contributed by atoms with Gasteiger partial charge in [0.25, 0.3) is 11.5 Å². The number of nitrogens with one attached hydrogen (secondary N) is 3. The first-order valence-electron chi connectivity index (χ1n) is 8.37. The summed E-state index contributed by atoms with van der Waals surface area (Å²) in [5.74, 6) is -0.871. The van der Waals surface area contributed by atoms with Crippen LogP contribution in [0.15, 0.2) is 57.8 Å². The highest BCUT2D eigenvalue weighted by Gasteiger charge is 2.44. The lowest BCUT2D eigenvalue weighted by molar-refractivity contribution is -0.123. The van der Waals surface area contributed by atoms with Crippen LogP contribution in [0.2, 0.25) is 0 Å². The molecule has 1 aliphatic carbocycles. The lowest BCUT2D eigenvalue weighted by atomic mass is 10.1. The number of H-pyrrole nitrogens is 1. The van der Waals surface area contributed by atoms with Crippen LogP contribution in [0.25, 0.3) is 10.8 Å². The number of carbonyl (C=O) groups is 2. The Bertz CT molecular complexity index is 1110. The largest absolute Gasteiger partial charge is 0.290 e. The number of aromatic nitrogens is 2. The highest BCUT2D eigenvalue weighted by molar-refractivity contribution is 9.10. The fourth-order valence-electron chi connectivity index (χ4n) is 3.15. The Labute approximate surface area is 162 Å². The predicted molar refractivity (Wildman–Crippen MR) is 103 cm³/mol. The van der Waals surface area contributed by atoms with Gasteiger partial charge >= 0.3 is 0 Å². The van der Waals surface area contributed by atoms with E-state index in [9.17, 15) is 14.4 Å². The zero-order chi connectivity index (χ0) is 19.0. The topological polar surface area (TPSA) is 104 Å². The number of amides is 2. The fourth-order valence-corrected chi connectivity index (χ4v) is 3.57. The van der Waals surface area contributed by atoms with E-state index < -0.39 is 5.91 Å². The number of benzene rings is 2. The Morgan fingerprint density at radius 2 is 1.85 bits per heavy atom. The van der Waals surface area contributed by atoms with Crippen molar-refractivity contribution >= 4 is 38.5 Å². The van der Waals surface area contributed by atoms with Gasteiger partial charge in [0.2, 0.25) is 5.91 Å². The summed E-state index contributed by atoms with van der Waals surface area (Å²) >= 11 is 3.43. The van der Waals surface area contributed by atoms with Gasteiger partial charge in [-0.3, -0.25) is 25.2 Å². The molecule has 0 saturated heterocycles. The van der Waals surface area contributed by atoms with Crippen LogP contribution >= 0.6 is 15.9 Å². The van der Waals surface area contributed by atoms with Crippen molar-refractivity contribution in [3.63, 3.8) is 0 Å². The van der Waals surface area contributed by atoms with Crippen LogP contribution < -0.4 is 16.4 Å². The molecule has 1 aromatic heterocycles. The van der Waals surface area contributed by atoms with Crippen LogP contribution in [-0.4, -0.2) is 22.0 Å². The summed E-state index contributed by atoms with van der Waals surface area (Å²) in [6.45, 7) is 0. The van der Waals surface area contributed by atoms with Crippen molar-refractivity contribution in [1.29, 1.82) is 0 Å². The predicted octanol–water partition coefficient (Wildman–Crippen LogP) is 2.25. The number of aromatic amines is 1. The van der Waals surface area contributed by atoms with E-state index in [1.54, 1.807) is 24.3 Å². The number of halogens is 1. The van der Waals surface area contributed by atoms with E-state index in [4.69, 9.17) is 0 Å². The standard InChI is InChI=1S/C19H15BrN4O3/c20-11-5-3-4-10(8-11)14-9-15(14)18(26)23-24-19(27)16-12-6-1-2-7-13(12)17(25)22-21-16/h1-8,14-15H,9H2,(H,22,25)(H,23,26)(H,24,27). The molecule has 3 aromatic rings. The number of fused-ring (bicyclic) bond motifs is 1. The van der Waals surface area contributed by atoms with Crippen molar-refractivity contribution in [2.24, 2.45) is 5.92 Å². The minimum atomic E-state index is -0.588. The monoisotopic (exact) mass is 426 g/mol. The van der Waals surface area contributed by atoms with Gasteiger partial charge in [-0.2, -0.15) is 5.10 Å². The molecule has 2 amide bonds. The molecule has 1 heterocycles. The van der Waals surface area contributed by atoms with Gasteiger partial charge in [-0.05, 0) is 36.1 Å². The Morgan fingerprint density at radius 1 is 1.07 bits per heavy atom. The Balaban J connectivity index is 1.43. The highest BCUT2D eigenvalue weighted by Crippen LogP contribution is 2.47. The van der Waals surface area contributed by atoms with Crippen molar-refractivity contribution in [1.82, 2.24) is 21.0 Å². The van der Waals surface area contributed by atoms with Crippen LogP contribution in [0.1, 0.15) is 28.4 Å². The molecule has 7 nitrogen and oxygen atoms in total. The second-order valence-electron chi connectivity index (χ2n) is 6.39. The van der Waals surface area contributed by atoms with E-state index in [-0.39, 0.29) is 29.0 Å². The molecule has 2 unspecified atom stereocenters. The zero-order valence-electron chi connectivity index (χ0n) is 14.0. The molecular weight excluding hydrogens is 412 g/mol. The number of nitrogens with zero attached hydrogens (tertiary/aromatic N) is 1. The smallest absolute Gasteiger partial charge is 0.273 e. The molecule has 1 saturated carbocycles. The Hall–Kier alpha value is -3.00. The van der Waals surface area contributed by atoms with Crippen LogP contribution in [0.3, 0.4) is 0 Å². The number of rotatable bonds is 3. The molecule has 2 aromatic carbocycles. The van der Waals surface area contributed by atoms with Crippen molar-refractivity contribution in [2.45, 2.75) is 12.3 Å². The third-order valence-electron chi connectivity index (χ3n) is 4.61. The summed E-state index contributed by atoms with van der Waals surface area (Å²) in [6, 6.07) is 14.5. The molecule has 3 N–H and O–H groups in total. The SMILES string of the molecule is O=C(NNC(=O)C1CC1c1cccc(Br)c1)c1n[nH]c(=O)c2ccccc12. The summed E-state index contributed by atoms with van der Waals surface area (Å²) in [5.41, 5.74) is 5.60. The molecule has 136 valence electrons. The first-order valence-corrected chi connectivity index (χ1v) is 9.17. The van der Waals surface area contributed by atoms with Gasteiger partial charge in [-0.15, -0.1) is 0 Å². The summed E-state index contributed by atoms with van der Waals surface area (Å²) in [6.07, 6.45) is 0.734. The fraction of sp³-hybridized carbons (Fsp3) is 0.158. The minimum Gasteiger partial charge on any atom is -0.273 e. The van der Waals surface area contributed by atoms with Gasteiger partial charge in [0, 0.05) is 15.8 Å². The van der Waals surface area contributed by atoms with E-state index in [1.165, 1.54) is 0 Å². The average molecular weight is 427 g/mol. The molecule has 1 fully saturated rings. The second-order valence-corrected chi connectivity index (χ2v) is 7.31. The lowest BCUT2D eigenvalue weighted by Gasteiger charge is -2.08. The van der Waals surface area contributed by atoms with Crippen LogP contribution in [0, 0.1) is 5.92 Å². The maximum absolute atomic E-state index is 12.4. The molecule has 0 radical (unpaired) electrons. The van der Waals surface area contributed by atoms with Gasteiger partial charge in [-0.25, -0.2) is 5.10 Å². The van der Waals surface area contributed by atoms with Gasteiger partial charge in [0.05, 0.1) is 5.39 Å². The number of hydrazine groups is 1. The summed E-state index contributed by atoms with van der Waals surface area (Å²) < 4.78 is 0.968. The Kier molecular flexibility index (Phi) is 4.49. The number of hydrogen-bond donors (Lipinski definition) is 3. The van der Waals surface area contributed by atoms with E-state index in [0.717, 1.165) is 16.5 Å². The number of carbonyl (C=O) groups excluding carboxylic acids is 2. The van der Waals surface area contributed by atoms with Crippen molar-refractivity contribution < 1.29 is 9.59 Å². The summed E-state index contributed by atoms with van der Waals surface area (Å²) in [4.78, 5) is 36.5. The molecule has 27 heavy (non-hydrogen) atoms. The quantitative estimate of drug-likeness (QED) is 0.558. The normalized spacial score (nSPS) is 18.1.